The summed E-state index contributed by atoms with van der Waals surface area (Å²) in [7, 11) is -3.30. The van der Waals surface area contributed by atoms with Gasteiger partial charge in [-0.1, -0.05) is 24.3 Å². The molecule has 1 amide bonds. The molecule has 0 spiro atoms. The summed E-state index contributed by atoms with van der Waals surface area (Å²) in [5.41, 5.74) is 8.85. The second-order valence-electron chi connectivity index (χ2n) is 8.92. The van der Waals surface area contributed by atoms with Gasteiger partial charge in [-0.2, -0.15) is 0 Å². The first-order valence-electron chi connectivity index (χ1n) is 11.4. The molecule has 2 aliphatic heterocycles. The fourth-order valence-electron chi connectivity index (χ4n) is 4.35. The van der Waals surface area contributed by atoms with Crippen molar-refractivity contribution >= 4 is 27.3 Å². The van der Waals surface area contributed by atoms with E-state index < -0.39 is 9.84 Å². The molecule has 0 saturated carbocycles. The number of ether oxygens (including phenoxy) is 1. The molecule has 2 aliphatic rings. The number of sulfone groups is 1. The third-order valence-electron chi connectivity index (χ3n) is 6.26. The highest BCUT2D eigenvalue weighted by Gasteiger charge is 2.29. The lowest BCUT2D eigenvalue weighted by atomic mass is 9.88. The van der Waals surface area contributed by atoms with E-state index in [1.54, 1.807) is 30.3 Å². The zero-order valence-electron chi connectivity index (χ0n) is 19.4. The molecule has 2 aromatic carbocycles. The molecule has 0 bridgehead atoms. The van der Waals surface area contributed by atoms with Crippen molar-refractivity contribution in [2.24, 2.45) is 21.6 Å². The minimum Gasteiger partial charge on any atom is -0.382 e. The van der Waals surface area contributed by atoms with Crippen LogP contribution in [0.25, 0.3) is 0 Å². The van der Waals surface area contributed by atoms with E-state index in [-0.39, 0.29) is 29.5 Å². The molecule has 34 heavy (non-hydrogen) atoms. The Labute approximate surface area is 200 Å². The van der Waals surface area contributed by atoms with Gasteiger partial charge in [0.05, 0.1) is 23.6 Å². The fourth-order valence-corrected chi connectivity index (χ4v) is 5.04. The number of nitrogens with zero attached hydrogens (tertiary/aromatic N) is 2. The molecule has 3 N–H and O–H groups in total. The maximum atomic E-state index is 12.6. The average molecular weight is 483 g/mol. The number of hydrogen-bond donors (Lipinski definition) is 2. The van der Waals surface area contributed by atoms with Crippen molar-refractivity contribution in [3.63, 3.8) is 0 Å². The van der Waals surface area contributed by atoms with Crippen LogP contribution < -0.4 is 11.1 Å². The van der Waals surface area contributed by atoms with Crippen LogP contribution in [0.15, 0.2) is 63.4 Å². The topological polar surface area (TPSA) is 123 Å². The number of nitrogens with two attached hydrogens (primary N) is 1. The van der Waals surface area contributed by atoms with E-state index in [1.807, 2.05) is 12.1 Å². The summed E-state index contributed by atoms with van der Waals surface area (Å²) in [6.07, 6.45) is 3.32. The van der Waals surface area contributed by atoms with Gasteiger partial charge in [-0.15, -0.1) is 0 Å². The third-order valence-corrected chi connectivity index (χ3v) is 7.37. The zero-order valence-corrected chi connectivity index (χ0v) is 20.2. The van der Waals surface area contributed by atoms with Crippen molar-refractivity contribution in [1.82, 2.24) is 5.32 Å². The van der Waals surface area contributed by atoms with Crippen molar-refractivity contribution in [3.8, 4) is 0 Å². The Morgan fingerprint density at radius 3 is 2.68 bits per heavy atom. The lowest BCUT2D eigenvalue weighted by Gasteiger charge is -2.32. The number of carbonyl (C=O) groups excluding carboxylic acids is 1. The Hall–Kier alpha value is -3.04. The van der Waals surface area contributed by atoms with E-state index in [4.69, 9.17) is 15.5 Å². The Morgan fingerprint density at radius 1 is 1.21 bits per heavy atom. The number of aliphatic imine (C=N–C) groups is 2. The highest BCUT2D eigenvalue weighted by molar-refractivity contribution is 7.90. The van der Waals surface area contributed by atoms with E-state index >= 15 is 0 Å². The summed E-state index contributed by atoms with van der Waals surface area (Å²) in [5, 5.41) is 2.83. The molecule has 1 saturated heterocycles. The van der Waals surface area contributed by atoms with Crippen molar-refractivity contribution in [2.45, 2.75) is 43.4 Å². The van der Waals surface area contributed by atoms with E-state index in [0.29, 0.717) is 35.1 Å². The molecule has 180 valence electrons. The summed E-state index contributed by atoms with van der Waals surface area (Å²) in [4.78, 5) is 22.3. The van der Waals surface area contributed by atoms with Gasteiger partial charge in [-0.25, -0.2) is 8.42 Å². The highest BCUT2D eigenvalue weighted by Crippen LogP contribution is 2.27. The minimum absolute atomic E-state index is 0.0827. The molecule has 0 aromatic heterocycles. The molecular formula is C25H30N4O4S. The van der Waals surface area contributed by atoms with Gasteiger partial charge < -0.3 is 15.8 Å². The number of rotatable bonds is 6. The maximum Gasteiger partial charge on any atom is 0.251 e. The van der Waals surface area contributed by atoms with Crippen LogP contribution in [0.5, 0.6) is 0 Å². The lowest BCUT2D eigenvalue weighted by Crippen LogP contribution is -2.38. The third kappa shape index (κ3) is 5.71. The molecule has 3 atom stereocenters. The summed E-state index contributed by atoms with van der Waals surface area (Å²) in [6, 6.07) is 13.7. The normalized spacial score (nSPS) is 23.1. The van der Waals surface area contributed by atoms with Gasteiger partial charge >= 0.3 is 0 Å². The van der Waals surface area contributed by atoms with Crippen LogP contribution in [-0.2, 0) is 21.1 Å². The first kappa shape index (κ1) is 24.1. The Morgan fingerprint density at radius 2 is 1.97 bits per heavy atom. The predicted molar refractivity (Wildman–Crippen MR) is 132 cm³/mol. The molecule has 0 radical (unpaired) electrons. The summed E-state index contributed by atoms with van der Waals surface area (Å²) < 4.78 is 29.1. The number of hydrogen-bond acceptors (Lipinski definition) is 7. The predicted octanol–water partition coefficient (Wildman–Crippen LogP) is 2.36. The average Bonchev–Trinajstić information content (AvgIpc) is 2.82. The molecule has 2 heterocycles. The van der Waals surface area contributed by atoms with E-state index in [0.717, 1.165) is 31.3 Å². The summed E-state index contributed by atoms with van der Waals surface area (Å²) >= 11 is 0. The molecule has 0 aliphatic carbocycles. The summed E-state index contributed by atoms with van der Waals surface area (Å²) in [6.45, 7) is 3.65. The van der Waals surface area contributed by atoms with Crippen LogP contribution in [0, 0.1) is 5.92 Å². The van der Waals surface area contributed by atoms with Gasteiger partial charge in [0, 0.05) is 30.5 Å². The number of nitrogens with one attached hydrogen (secondary N) is 1. The number of amides is 1. The second-order valence-corrected chi connectivity index (χ2v) is 10.9. The molecule has 3 unspecified atom stereocenters. The van der Waals surface area contributed by atoms with Crippen LogP contribution in [-0.4, -0.2) is 57.4 Å². The maximum absolute atomic E-state index is 12.6. The van der Waals surface area contributed by atoms with Gasteiger partial charge in [-0.3, -0.25) is 14.8 Å². The van der Waals surface area contributed by atoms with Crippen LogP contribution in [0.2, 0.25) is 0 Å². The first-order chi connectivity index (χ1) is 16.2. The van der Waals surface area contributed by atoms with Crippen LogP contribution in [0.1, 0.15) is 41.3 Å². The molecule has 9 heteroatoms. The largest absolute Gasteiger partial charge is 0.382 e. The quantitative estimate of drug-likeness (QED) is 0.654. The number of carbonyl (C=O) groups is 1. The van der Waals surface area contributed by atoms with Crippen molar-refractivity contribution in [2.75, 3.05) is 19.4 Å². The second kappa shape index (κ2) is 10.1. The Kier molecular flexibility index (Phi) is 7.13. The Balaban J connectivity index is 1.43. The van der Waals surface area contributed by atoms with Gasteiger partial charge in [0.1, 0.15) is 11.5 Å². The lowest BCUT2D eigenvalue weighted by molar-refractivity contribution is -0.00227. The van der Waals surface area contributed by atoms with E-state index in [1.165, 1.54) is 6.07 Å². The van der Waals surface area contributed by atoms with Crippen molar-refractivity contribution in [1.29, 1.82) is 0 Å². The molecule has 8 nitrogen and oxygen atoms in total. The first-order valence-corrected chi connectivity index (χ1v) is 13.3. The molecular weight excluding hydrogens is 452 g/mol. The van der Waals surface area contributed by atoms with Gasteiger partial charge in [0.15, 0.2) is 9.84 Å². The van der Waals surface area contributed by atoms with Crippen molar-refractivity contribution in [3.05, 3.63) is 65.2 Å². The fraction of sp³-hybridized carbons (Fsp3) is 0.400. The monoisotopic (exact) mass is 482 g/mol. The SMILES string of the molecule is CC1CC(C2CN=C(N)C(c3ccc(C(=O)NCc4cccc(S(C)(=O)=O)c4)cc3)=N2)CCO1. The number of amidine groups is 1. The molecule has 4 rings (SSSR count). The van der Waals surface area contributed by atoms with Gasteiger partial charge in [0.2, 0.25) is 0 Å². The van der Waals surface area contributed by atoms with Gasteiger partial charge in [0.25, 0.3) is 5.91 Å². The van der Waals surface area contributed by atoms with Crippen LogP contribution in [0.4, 0.5) is 0 Å². The van der Waals surface area contributed by atoms with Crippen molar-refractivity contribution < 1.29 is 17.9 Å². The molecule has 2 aromatic rings. The molecule has 1 fully saturated rings. The highest BCUT2D eigenvalue weighted by atomic mass is 32.2. The summed E-state index contributed by atoms with van der Waals surface area (Å²) in [5.74, 6) is 0.582. The Bertz CT molecular complexity index is 1220. The van der Waals surface area contributed by atoms with E-state index in [9.17, 15) is 13.2 Å². The minimum atomic E-state index is -3.30. The van der Waals surface area contributed by atoms with Gasteiger partial charge in [-0.05, 0) is 55.5 Å². The van der Waals surface area contributed by atoms with E-state index in [2.05, 4.69) is 17.2 Å². The standard InChI is InChI=1S/C25H30N4O4S/c1-16-12-20(10-11-33-16)22-15-27-24(26)23(29-22)18-6-8-19(9-7-18)25(30)28-14-17-4-3-5-21(13-17)34(2,31)32/h3-9,13,16,20,22H,10-12,14-15H2,1-2H3,(H2,26,27)(H,28,30). The smallest absolute Gasteiger partial charge is 0.251 e. The number of benzene rings is 2. The van der Waals surface area contributed by atoms with Crippen LogP contribution in [0.3, 0.4) is 0 Å². The van der Waals surface area contributed by atoms with Crippen LogP contribution >= 0.6 is 0 Å². The zero-order chi connectivity index (χ0) is 24.3.